The molecule has 0 radical (unpaired) electrons. The van der Waals surface area contributed by atoms with Gasteiger partial charge in [0.05, 0.1) is 12.3 Å². The number of hydrogen-bond acceptors (Lipinski definition) is 3. The van der Waals surface area contributed by atoms with Crippen LogP contribution in [0.3, 0.4) is 0 Å². The molecule has 2 aromatic carbocycles. The van der Waals surface area contributed by atoms with Gasteiger partial charge < -0.3 is 9.74 Å². The lowest BCUT2D eigenvalue weighted by Crippen LogP contribution is -2.40. The van der Waals surface area contributed by atoms with Crippen LogP contribution >= 0.6 is 11.6 Å². The smallest absolute Gasteiger partial charge is 0.226 e. The predicted molar refractivity (Wildman–Crippen MR) is 111 cm³/mol. The number of rotatable bonds is 6. The van der Waals surface area contributed by atoms with Gasteiger partial charge in [0.2, 0.25) is 5.91 Å². The fourth-order valence-corrected chi connectivity index (χ4v) is 4.30. The van der Waals surface area contributed by atoms with E-state index in [0.717, 1.165) is 31.2 Å². The van der Waals surface area contributed by atoms with Gasteiger partial charge in [-0.2, -0.15) is 0 Å². The Morgan fingerprint density at radius 3 is 2.72 bits per heavy atom. The predicted octanol–water partition coefficient (Wildman–Crippen LogP) is 5.19. The SMILES string of the molecule is O=C(C1CCCC1)N(Cc1ccccc1Cl)C[C@@H]1CC(c2cccc(F)c2)=NO1. The van der Waals surface area contributed by atoms with Crippen LogP contribution in [0, 0.1) is 11.7 Å². The zero-order valence-corrected chi connectivity index (χ0v) is 16.9. The Morgan fingerprint density at radius 2 is 1.97 bits per heavy atom. The normalized spacial score (nSPS) is 19.1. The van der Waals surface area contributed by atoms with Gasteiger partial charge in [0.25, 0.3) is 0 Å². The Labute approximate surface area is 175 Å². The number of oxime groups is 1. The van der Waals surface area contributed by atoms with Gasteiger partial charge in [0, 0.05) is 29.5 Å². The van der Waals surface area contributed by atoms with Crippen LogP contribution in [0.15, 0.2) is 53.7 Å². The number of amides is 1. The molecule has 2 aromatic rings. The van der Waals surface area contributed by atoms with Crippen molar-refractivity contribution in [2.45, 2.75) is 44.8 Å². The summed E-state index contributed by atoms with van der Waals surface area (Å²) in [6.45, 7) is 0.882. The van der Waals surface area contributed by atoms with Crippen molar-refractivity contribution in [3.05, 3.63) is 70.5 Å². The third-order valence-corrected chi connectivity index (χ3v) is 6.02. The van der Waals surface area contributed by atoms with E-state index in [-0.39, 0.29) is 23.7 Å². The van der Waals surface area contributed by atoms with Crippen LogP contribution in [0.25, 0.3) is 0 Å². The lowest BCUT2D eigenvalue weighted by molar-refractivity contribution is -0.137. The molecule has 1 heterocycles. The van der Waals surface area contributed by atoms with E-state index in [1.165, 1.54) is 12.1 Å². The second-order valence-electron chi connectivity index (χ2n) is 7.77. The van der Waals surface area contributed by atoms with Gasteiger partial charge in [-0.25, -0.2) is 4.39 Å². The highest BCUT2D eigenvalue weighted by Gasteiger charge is 2.32. The van der Waals surface area contributed by atoms with Crippen LogP contribution in [0.5, 0.6) is 0 Å². The molecule has 0 aromatic heterocycles. The van der Waals surface area contributed by atoms with E-state index >= 15 is 0 Å². The van der Waals surface area contributed by atoms with Gasteiger partial charge in [0.1, 0.15) is 5.82 Å². The van der Waals surface area contributed by atoms with Crippen LogP contribution in [-0.2, 0) is 16.2 Å². The molecule has 1 aliphatic carbocycles. The summed E-state index contributed by atoms with van der Waals surface area (Å²) in [5.74, 6) is -0.0712. The fourth-order valence-electron chi connectivity index (χ4n) is 4.11. The number of benzene rings is 2. The summed E-state index contributed by atoms with van der Waals surface area (Å²) in [6, 6.07) is 13.9. The number of carbonyl (C=O) groups is 1. The zero-order valence-electron chi connectivity index (χ0n) is 16.2. The molecule has 1 atom stereocenters. The minimum atomic E-state index is -0.301. The molecule has 1 aliphatic heterocycles. The molecule has 29 heavy (non-hydrogen) atoms. The fraction of sp³-hybridized carbons (Fsp3) is 0.391. The topological polar surface area (TPSA) is 41.9 Å². The van der Waals surface area contributed by atoms with E-state index in [4.69, 9.17) is 16.4 Å². The summed E-state index contributed by atoms with van der Waals surface area (Å²) in [6.07, 6.45) is 4.37. The van der Waals surface area contributed by atoms with Crippen LogP contribution in [-0.4, -0.2) is 29.2 Å². The number of carbonyl (C=O) groups excluding carboxylic acids is 1. The molecule has 4 rings (SSSR count). The highest BCUT2D eigenvalue weighted by Crippen LogP contribution is 2.29. The van der Waals surface area contributed by atoms with Crippen LogP contribution in [0.1, 0.15) is 43.2 Å². The summed E-state index contributed by atoms with van der Waals surface area (Å²) < 4.78 is 13.5. The molecule has 2 aliphatic rings. The maximum atomic E-state index is 13.5. The van der Waals surface area contributed by atoms with E-state index in [1.54, 1.807) is 6.07 Å². The molecule has 6 heteroatoms. The first-order valence-electron chi connectivity index (χ1n) is 10.1. The molecule has 0 N–H and O–H groups in total. The second-order valence-corrected chi connectivity index (χ2v) is 8.18. The maximum absolute atomic E-state index is 13.5. The number of nitrogens with zero attached hydrogens (tertiary/aromatic N) is 2. The third-order valence-electron chi connectivity index (χ3n) is 5.65. The summed E-state index contributed by atoms with van der Waals surface area (Å²) >= 11 is 6.34. The van der Waals surface area contributed by atoms with E-state index in [2.05, 4.69) is 5.16 Å². The van der Waals surface area contributed by atoms with E-state index in [0.29, 0.717) is 35.8 Å². The lowest BCUT2D eigenvalue weighted by Gasteiger charge is -2.28. The van der Waals surface area contributed by atoms with Crippen molar-refractivity contribution in [3.8, 4) is 0 Å². The summed E-state index contributed by atoms with van der Waals surface area (Å²) in [5, 5.41) is 4.80. The van der Waals surface area contributed by atoms with Crippen molar-refractivity contribution in [2.24, 2.45) is 11.1 Å². The van der Waals surface area contributed by atoms with Crippen molar-refractivity contribution in [2.75, 3.05) is 6.54 Å². The van der Waals surface area contributed by atoms with Gasteiger partial charge in [-0.1, -0.05) is 59.9 Å². The minimum absolute atomic E-state index is 0.0718. The van der Waals surface area contributed by atoms with Crippen LogP contribution in [0.2, 0.25) is 5.02 Å². The Kier molecular flexibility index (Phi) is 6.14. The van der Waals surface area contributed by atoms with Crippen LogP contribution in [0.4, 0.5) is 4.39 Å². The first-order chi connectivity index (χ1) is 14.1. The minimum Gasteiger partial charge on any atom is -0.390 e. The van der Waals surface area contributed by atoms with E-state index in [1.807, 2.05) is 35.2 Å². The molecule has 0 spiro atoms. The highest BCUT2D eigenvalue weighted by atomic mass is 35.5. The molecule has 1 fully saturated rings. The monoisotopic (exact) mass is 414 g/mol. The second kappa shape index (κ2) is 8.95. The van der Waals surface area contributed by atoms with Gasteiger partial charge in [-0.3, -0.25) is 4.79 Å². The maximum Gasteiger partial charge on any atom is 0.226 e. The van der Waals surface area contributed by atoms with Crippen molar-refractivity contribution >= 4 is 23.2 Å². The van der Waals surface area contributed by atoms with Gasteiger partial charge in [0.15, 0.2) is 6.10 Å². The molecular weight excluding hydrogens is 391 g/mol. The first kappa shape index (κ1) is 19.9. The van der Waals surface area contributed by atoms with E-state index < -0.39 is 0 Å². The molecule has 1 saturated carbocycles. The first-order valence-corrected chi connectivity index (χ1v) is 10.5. The summed E-state index contributed by atoms with van der Waals surface area (Å²) in [7, 11) is 0. The van der Waals surface area contributed by atoms with Crippen LogP contribution < -0.4 is 0 Å². The average Bonchev–Trinajstić information content (AvgIpc) is 3.41. The third kappa shape index (κ3) is 4.78. The largest absolute Gasteiger partial charge is 0.390 e. The average molecular weight is 415 g/mol. The molecule has 1 amide bonds. The summed E-state index contributed by atoms with van der Waals surface area (Å²) in [4.78, 5) is 20.6. The van der Waals surface area contributed by atoms with Crippen molar-refractivity contribution in [3.63, 3.8) is 0 Å². The molecule has 152 valence electrons. The summed E-state index contributed by atoms with van der Waals surface area (Å²) in [5.41, 5.74) is 2.34. The zero-order chi connectivity index (χ0) is 20.2. The Balaban J connectivity index is 1.47. The molecule has 0 unspecified atom stereocenters. The van der Waals surface area contributed by atoms with Crippen molar-refractivity contribution in [1.29, 1.82) is 0 Å². The standard InChI is InChI=1S/C23H24ClFN2O2/c24-21-11-4-3-8-18(21)14-27(23(28)16-6-1-2-7-16)15-20-13-22(26-29-20)17-9-5-10-19(25)12-17/h3-5,8-12,16,20H,1-2,6-7,13-15H2/t20-/m0/s1. The molecule has 0 saturated heterocycles. The molecule has 0 bridgehead atoms. The Hall–Kier alpha value is -2.40. The van der Waals surface area contributed by atoms with Crippen molar-refractivity contribution < 1.29 is 14.0 Å². The number of halogens is 2. The number of hydrogen-bond donors (Lipinski definition) is 0. The Morgan fingerprint density at radius 1 is 1.17 bits per heavy atom. The van der Waals surface area contributed by atoms with Gasteiger partial charge in [-0.05, 0) is 36.6 Å². The van der Waals surface area contributed by atoms with Crippen molar-refractivity contribution in [1.82, 2.24) is 4.90 Å². The quantitative estimate of drug-likeness (QED) is 0.652. The highest BCUT2D eigenvalue weighted by molar-refractivity contribution is 6.31. The molecule has 4 nitrogen and oxygen atoms in total. The molecular formula is C23H24ClFN2O2. The lowest BCUT2D eigenvalue weighted by atomic mass is 10.0. The Bertz CT molecular complexity index is 911. The van der Waals surface area contributed by atoms with E-state index in [9.17, 15) is 9.18 Å². The van der Waals surface area contributed by atoms with Gasteiger partial charge in [-0.15, -0.1) is 0 Å². The van der Waals surface area contributed by atoms with Gasteiger partial charge >= 0.3 is 0 Å².